The zero-order chi connectivity index (χ0) is 14.6. The Kier molecular flexibility index (Phi) is 4.86. The van der Waals surface area contributed by atoms with Crippen LogP contribution in [0.25, 0.3) is 0 Å². The molecule has 2 rings (SSSR count). The molecule has 0 aliphatic carbocycles. The van der Waals surface area contributed by atoms with Gasteiger partial charge < -0.3 is 0 Å². The van der Waals surface area contributed by atoms with Crippen molar-refractivity contribution in [2.24, 2.45) is 4.40 Å². The molecule has 104 valence electrons. The second-order valence-corrected chi connectivity index (χ2v) is 6.73. The van der Waals surface area contributed by atoms with Crippen LogP contribution in [0.1, 0.15) is 5.56 Å². The van der Waals surface area contributed by atoms with Gasteiger partial charge in [-0.3, -0.25) is 0 Å². The first kappa shape index (κ1) is 15.1. The highest BCUT2D eigenvalue weighted by atomic mass is 35.5. The Balaban J connectivity index is 2.43. The Bertz CT molecular complexity index is 711. The van der Waals surface area contributed by atoms with Crippen LogP contribution < -0.4 is 0 Å². The largest absolute Gasteiger partial charge is 0.283 e. The van der Waals surface area contributed by atoms with Crippen LogP contribution in [-0.2, 0) is 10.0 Å². The molecule has 0 saturated heterocycles. The van der Waals surface area contributed by atoms with Gasteiger partial charge in [-0.05, 0) is 30.5 Å². The monoisotopic (exact) mass is 325 g/mol. The molecule has 0 heterocycles. The molecule has 0 aliphatic rings. The number of halogens is 1. The smallest absolute Gasteiger partial charge is 0.199 e. The summed E-state index contributed by atoms with van der Waals surface area (Å²) in [7, 11) is -3.73. The van der Waals surface area contributed by atoms with E-state index in [2.05, 4.69) is 4.40 Å². The first-order chi connectivity index (χ1) is 9.53. The Morgan fingerprint density at radius 1 is 1.05 bits per heavy atom. The van der Waals surface area contributed by atoms with Gasteiger partial charge in [0, 0.05) is 10.6 Å². The van der Waals surface area contributed by atoms with Gasteiger partial charge in [-0.25, -0.2) is 0 Å². The molecule has 2 aromatic rings. The summed E-state index contributed by atoms with van der Waals surface area (Å²) in [6, 6.07) is 15.2. The van der Waals surface area contributed by atoms with Crippen molar-refractivity contribution < 1.29 is 8.42 Å². The highest BCUT2D eigenvalue weighted by Crippen LogP contribution is 2.19. The van der Waals surface area contributed by atoms with Crippen molar-refractivity contribution in [1.82, 2.24) is 0 Å². The summed E-state index contributed by atoms with van der Waals surface area (Å²) in [5, 5.41) is 0.946. The van der Waals surface area contributed by atoms with Gasteiger partial charge >= 0.3 is 0 Å². The summed E-state index contributed by atoms with van der Waals surface area (Å²) in [5.41, 5.74) is 0.775. The molecule has 0 fully saturated rings. The summed E-state index contributed by atoms with van der Waals surface area (Å²) < 4.78 is 28.4. The van der Waals surface area contributed by atoms with Crippen molar-refractivity contribution in [2.75, 3.05) is 6.26 Å². The Labute approximate surface area is 127 Å². The summed E-state index contributed by atoms with van der Waals surface area (Å²) >= 11 is 7.05. The quantitative estimate of drug-likeness (QED) is 0.636. The van der Waals surface area contributed by atoms with E-state index in [1.54, 1.807) is 6.26 Å². The first-order valence-electron chi connectivity index (χ1n) is 5.73. The fraction of sp³-hybridized carbons (Fsp3) is 0.0714. The number of benzene rings is 2. The lowest BCUT2D eigenvalue weighted by molar-refractivity contribution is 0.598. The second-order valence-electron chi connectivity index (χ2n) is 3.90. The maximum Gasteiger partial charge on any atom is 0.283 e. The number of rotatable bonds is 3. The zero-order valence-electron chi connectivity index (χ0n) is 10.7. The summed E-state index contributed by atoms with van der Waals surface area (Å²) in [5.74, 6) is 0. The maximum absolute atomic E-state index is 12.2. The maximum atomic E-state index is 12.2. The molecular formula is C14H12ClNO2S2. The minimum Gasteiger partial charge on any atom is -0.199 e. The van der Waals surface area contributed by atoms with Crippen LogP contribution in [0.5, 0.6) is 0 Å². The van der Waals surface area contributed by atoms with Crippen molar-refractivity contribution in [1.29, 1.82) is 0 Å². The minimum atomic E-state index is -3.73. The molecule has 0 spiro atoms. The third-order valence-corrected chi connectivity index (χ3v) is 4.90. The molecule has 2 aromatic carbocycles. The van der Waals surface area contributed by atoms with Crippen LogP contribution in [0.15, 0.2) is 63.9 Å². The molecule has 0 aliphatic heterocycles. The highest BCUT2D eigenvalue weighted by molar-refractivity contribution is 8.14. The van der Waals surface area contributed by atoms with Gasteiger partial charge in [0.25, 0.3) is 10.0 Å². The lowest BCUT2D eigenvalue weighted by Crippen LogP contribution is -2.03. The summed E-state index contributed by atoms with van der Waals surface area (Å²) in [4.78, 5) is 0.129. The molecule has 0 unspecified atom stereocenters. The van der Waals surface area contributed by atoms with Gasteiger partial charge in [0.05, 0.1) is 4.90 Å². The van der Waals surface area contributed by atoms with E-state index in [1.807, 2.05) is 30.3 Å². The van der Waals surface area contributed by atoms with Crippen molar-refractivity contribution in [2.45, 2.75) is 4.90 Å². The fourth-order valence-electron chi connectivity index (χ4n) is 1.56. The van der Waals surface area contributed by atoms with Crippen LogP contribution in [-0.4, -0.2) is 19.7 Å². The molecule has 6 heteroatoms. The molecule has 0 aromatic heterocycles. The average Bonchev–Trinajstić information content (AvgIpc) is 2.46. The fourth-order valence-corrected chi connectivity index (χ4v) is 3.56. The van der Waals surface area contributed by atoms with Gasteiger partial charge in [-0.1, -0.05) is 41.9 Å². The van der Waals surface area contributed by atoms with Crippen LogP contribution in [0.2, 0.25) is 5.02 Å². The van der Waals surface area contributed by atoms with E-state index in [-0.39, 0.29) is 4.90 Å². The van der Waals surface area contributed by atoms with Gasteiger partial charge in [-0.15, -0.1) is 11.8 Å². The standard InChI is InChI=1S/C14H12ClNO2S2/c1-19-14(11-5-3-2-4-6-11)16-20(17,18)13-9-7-12(15)8-10-13/h2-10H,1H3/b16-14+. The molecule has 0 bridgehead atoms. The van der Waals surface area contributed by atoms with Gasteiger partial charge in [0.15, 0.2) is 0 Å². The molecule has 0 amide bonds. The van der Waals surface area contributed by atoms with Crippen LogP contribution >= 0.6 is 23.4 Å². The highest BCUT2D eigenvalue weighted by Gasteiger charge is 2.14. The Hall–Kier alpha value is -1.30. The van der Waals surface area contributed by atoms with Gasteiger partial charge in [-0.2, -0.15) is 12.8 Å². The molecular weight excluding hydrogens is 314 g/mol. The van der Waals surface area contributed by atoms with E-state index in [0.29, 0.717) is 10.1 Å². The molecule has 0 saturated carbocycles. The molecule has 20 heavy (non-hydrogen) atoms. The van der Waals surface area contributed by atoms with E-state index in [4.69, 9.17) is 11.6 Å². The van der Waals surface area contributed by atoms with Crippen LogP contribution in [0.4, 0.5) is 0 Å². The topological polar surface area (TPSA) is 46.5 Å². The summed E-state index contributed by atoms with van der Waals surface area (Å²) in [6.45, 7) is 0. The second kappa shape index (κ2) is 6.43. The average molecular weight is 326 g/mol. The minimum absolute atomic E-state index is 0.129. The summed E-state index contributed by atoms with van der Waals surface area (Å²) in [6.07, 6.45) is 1.79. The van der Waals surface area contributed by atoms with Crippen LogP contribution in [0, 0.1) is 0 Å². The lowest BCUT2D eigenvalue weighted by Gasteiger charge is -2.04. The Morgan fingerprint density at radius 2 is 1.65 bits per heavy atom. The number of hydrogen-bond donors (Lipinski definition) is 0. The van der Waals surface area contributed by atoms with E-state index in [1.165, 1.54) is 36.0 Å². The Morgan fingerprint density at radius 3 is 2.20 bits per heavy atom. The molecule has 0 radical (unpaired) electrons. The van der Waals surface area contributed by atoms with E-state index in [9.17, 15) is 8.42 Å². The lowest BCUT2D eigenvalue weighted by atomic mass is 10.2. The SMILES string of the molecule is CS/C(=N/S(=O)(=O)c1ccc(Cl)cc1)c1ccccc1. The number of thioether (sulfide) groups is 1. The molecule has 0 N–H and O–H groups in total. The predicted molar refractivity (Wildman–Crippen MR) is 85.1 cm³/mol. The van der Waals surface area contributed by atoms with Crippen molar-refractivity contribution >= 4 is 38.4 Å². The number of hydrogen-bond acceptors (Lipinski definition) is 3. The number of nitrogens with zero attached hydrogens (tertiary/aromatic N) is 1. The van der Waals surface area contributed by atoms with E-state index < -0.39 is 10.0 Å². The van der Waals surface area contributed by atoms with Crippen molar-refractivity contribution in [3.63, 3.8) is 0 Å². The van der Waals surface area contributed by atoms with Gasteiger partial charge in [0.1, 0.15) is 5.04 Å². The third kappa shape index (κ3) is 3.62. The van der Waals surface area contributed by atoms with Crippen molar-refractivity contribution in [3.8, 4) is 0 Å². The van der Waals surface area contributed by atoms with Crippen molar-refractivity contribution in [3.05, 3.63) is 65.2 Å². The third-order valence-electron chi connectivity index (χ3n) is 2.53. The molecule has 0 atom stereocenters. The number of sulfonamides is 1. The molecule has 3 nitrogen and oxygen atoms in total. The first-order valence-corrected chi connectivity index (χ1v) is 8.77. The predicted octanol–water partition coefficient (Wildman–Crippen LogP) is 3.84. The zero-order valence-corrected chi connectivity index (χ0v) is 13.0. The normalized spacial score (nSPS) is 12.4. The van der Waals surface area contributed by atoms with Gasteiger partial charge in [0.2, 0.25) is 0 Å². The van der Waals surface area contributed by atoms with Crippen LogP contribution in [0.3, 0.4) is 0 Å². The van der Waals surface area contributed by atoms with E-state index in [0.717, 1.165) is 5.56 Å². The van der Waals surface area contributed by atoms with E-state index >= 15 is 0 Å².